The summed E-state index contributed by atoms with van der Waals surface area (Å²) in [6, 6.07) is 16.9. The molecule has 2 aromatic carbocycles. The van der Waals surface area contributed by atoms with Crippen LogP contribution in [0.25, 0.3) is 0 Å². The Balaban J connectivity index is 2.07. The summed E-state index contributed by atoms with van der Waals surface area (Å²) in [5.41, 5.74) is 5.70. The van der Waals surface area contributed by atoms with E-state index in [0.29, 0.717) is 0 Å². The number of anilines is 1. The van der Waals surface area contributed by atoms with Crippen molar-refractivity contribution in [1.29, 1.82) is 0 Å². The maximum atomic E-state index is 4.78. The molecule has 90 valence electrons. The van der Waals surface area contributed by atoms with Crippen molar-refractivity contribution in [3.05, 3.63) is 59.7 Å². The molecule has 3 rings (SSSR count). The van der Waals surface area contributed by atoms with Crippen LogP contribution >= 0.6 is 0 Å². The molecule has 0 fully saturated rings. The van der Waals surface area contributed by atoms with Crippen molar-refractivity contribution in [2.45, 2.75) is 19.9 Å². The first kappa shape index (κ1) is 11.0. The standard InChI is InChI=1S/C16H16N2/c1-11-7-9-13(10-8-11)16-12(2)17-14-5-3-4-6-15(14)18-16/h3-10,12,17H,1-2H3/t12-/m0/s1. The van der Waals surface area contributed by atoms with E-state index < -0.39 is 0 Å². The number of aliphatic imine (C=N–C) groups is 1. The maximum absolute atomic E-state index is 4.78. The van der Waals surface area contributed by atoms with Gasteiger partial charge in [0.2, 0.25) is 0 Å². The summed E-state index contributed by atoms with van der Waals surface area (Å²) in [4.78, 5) is 4.78. The Labute approximate surface area is 107 Å². The molecule has 1 atom stereocenters. The van der Waals surface area contributed by atoms with Crippen LogP contribution in [0.4, 0.5) is 11.4 Å². The van der Waals surface area contributed by atoms with Gasteiger partial charge in [0.25, 0.3) is 0 Å². The van der Waals surface area contributed by atoms with Gasteiger partial charge in [-0.05, 0) is 31.5 Å². The minimum absolute atomic E-state index is 0.239. The average Bonchev–Trinajstić information content (AvgIpc) is 2.39. The van der Waals surface area contributed by atoms with E-state index in [-0.39, 0.29) is 6.04 Å². The molecule has 0 spiro atoms. The van der Waals surface area contributed by atoms with Crippen LogP contribution in [0.15, 0.2) is 53.5 Å². The third-order valence-corrected chi connectivity index (χ3v) is 3.27. The molecule has 0 saturated heterocycles. The average molecular weight is 236 g/mol. The quantitative estimate of drug-likeness (QED) is 0.797. The minimum atomic E-state index is 0.239. The molecular formula is C16H16N2. The van der Waals surface area contributed by atoms with Crippen LogP contribution in [0.2, 0.25) is 0 Å². The van der Waals surface area contributed by atoms with Gasteiger partial charge in [-0.3, -0.25) is 0 Å². The zero-order chi connectivity index (χ0) is 12.5. The third kappa shape index (κ3) is 1.90. The zero-order valence-electron chi connectivity index (χ0n) is 10.6. The number of para-hydroxylation sites is 2. The first-order chi connectivity index (χ1) is 8.74. The van der Waals surface area contributed by atoms with Gasteiger partial charge in [-0.2, -0.15) is 0 Å². The first-order valence-electron chi connectivity index (χ1n) is 6.25. The maximum Gasteiger partial charge on any atom is 0.0865 e. The van der Waals surface area contributed by atoms with E-state index in [1.807, 2.05) is 18.2 Å². The summed E-state index contributed by atoms with van der Waals surface area (Å²) in [6.45, 7) is 4.25. The Hall–Kier alpha value is -2.09. The number of hydrogen-bond donors (Lipinski definition) is 1. The van der Waals surface area contributed by atoms with E-state index in [1.165, 1.54) is 11.1 Å². The topological polar surface area (TPSA) is 24.4 Å². The number of hydrogen-bond acceptors (Lipinski definition) is 2. The second-order valence-corrected chi connectivity index (χ2v) is 4.75. The summed E-state index contributed by atoms with van der Waals surface area (Å²) >= 11 is 0. The molecule has 2 aromatic rings. The van der Waals surface area contributed by atoms with Gasteiger partial charge >= 0.3 is 0 Å². The predicted octanol–water partition coefficient (Wildman–Crippen LogP) is 3.93. The molecule has 0 radical (unpaired) electrons. The Morgan fingerprint density at radius 3 is 2.50 bits per heavy atom. The molecule has 2 nitrogen and oxygen atoms in total. The molecule has 0 bridgehead atoms. The second-order valence-electron chi connectivity index (χ2n) is 4.75. The molecular weight excluding hydrogens is 220 g/mol. The Kier molecular flexibility index (Phi) is 2.63. The highest BCUT2D eigenvalue weighted by Crippen LogP contribution is 2.30. The van der Waals surface area contributed by atoms with Crippen molar-refractivity contribution in [2.24, 2.45) is 4.99 Å². The monoisotopic (exact) mass is 236 g/mol. The highest BCUT2D eigenvalue weighted by molar-refractivity contribution is 6.09. The van der Waals surface area contributed by atoms with Gasteiger partial charge in [-0.15, -0.1) is 0 Å². The lowest BCUT2D eigenvalue weighted by molar-refractivity contribution is 1.03. The van der Waals surface area contributed by atoms with E-state index in [9.17, 15) is 0 Å². The molecule has 0 aromatic heterocycles. The largest absolute Gasteiger partial charge is 0.375 e. The van der Waals surface area contributed by atoms with Crippen LogP contribution in [0.1, 0.15) is 18.1 Å². The number of nitrogens with zero attached hydrogens (tertiary/aromatic N) is 1. The van der Waals surface area contributed by atoms with Crippen LogP contribution in [0.5, 0.6) is 0 Å². The lowest BCUT2D eigenvalue weighted by Gasteiger charge is -2.24. The van der Waals surface area contributed by atoms with Gasteiger partial charge in [0.15, 0.2) is 0 Å². The van der Waals surface area contributed by atoms with Gasteiger partial charge in [0.1, 0.15) is 0 Å². The minimum Gasteiger partial charge on any atom is -0.375 e. The Morgan fingerprint density at radius 1 is 1.00 bits per heavy atom. The molecule has 18 heavy (non-hydrogen) atoms. The summed E-state index contributed by atoms with van der Waals surface area (Å²) < 4.78 is 0. The van der Waals surface area contributed by atoms with Gasteiger partial charge in [0, 0.05) is 0 Å². The molecule has 1 aliphatic rings. The summed E-state index contributed by atoms with van der Waals surface area (Å²) in [7, 11) is 0. The molecule has 0 amide bonds. The van der Waals surface area contributed by atoms with Crippen molar-refractivity contribution in [2.75, 3.05) is 5.32 Å². The van der Waals surface area contributed by atoms with Gasteiger partial charge in [0.05, 0.1) is 23.1 Å². The normalized spacial score (nSPS) is 17.7. The molecule has 0 saturated carbocycles. The molecule has 1 aliphatic heterocycles. The molecule has 0 unspecified atom stereocenters. The van der Waals surface area contributed by atoms with Crippen molar-refractivity contribution >= 4 is 17.1 Å². The van der Waals surface area contributed by atoms with E-state index in [2.05, 4.69) is 49.5 Å². The van der Waals surface area contributed by atoms with Crippen LogP contribution in [0, 0.1) is 6.92 Å². The number of rotatable bonds is 1. The number of nitrogens with one attached hydrogen (secondary N) is 1. The highest BCUT2D eigenvalue weighted by Gasteiger charge is 2.19. The lowest BCUT2D eigenvalue weighted by atomic mass is 10.0. The van der Waals surface area contributed by atoms with E-state index in [1.54, 1.807) is 0 Å². The summed E-state index contributed by atoms with van der Waals surface area (Å²) in [6.07, 6.45) is 0. The molecule has 2 heteroatoms. The fourth-order valence-electron chi connectivity index (χ4n) is 2.26. The highest BCUT2D eigenvalue weighted by atomic mass is 15.0. The van der Waals surface area contributed by atoms with Crippen LogP contribution < -0.4 is 5.32 Å². The predicted molar refractivity (Wildman–Crippen MR) is 76.9 cm³/mol. The van der Waals surface area contributed by atoms with Gasteiger partial charge in [-0.25, -0.2) is 4.99 Å². The zero-order valence-corrected chi connectivity index (χ0v) is 10.6. The molecule has 1 N–H and O–H groups in total. The van der Waals surface area contributed by atoms with Crippen molar-refractivity contribution in [3.63, 3.8) is 0 Å². The van der Waals surface area contributed by atoms with Gasteiger partial charge < -0.3 is 5.32 Å². The Bertz CT molecular complexity index is 597. The Morgan fingerprint density at radius 2 is 1.72 bits per heavy atom. The molecule has 0 aliphatic carbocycles. The fourth-order valence-corrected chi connectivity index (χ4v) is 2.26. The third-order valence-electron chi connectivity index (χ3n) is 3.27. The van der Waals surface area contributed by atoms with Crippen LogP contribution in [0.3, 0.4) is 0 Å². The van der Waals surface area contributed by atoms with Crippen molar-refractivity contribution in [3.8, 4) is 0 Å². The van der Waals surface area contributed by atoms with Crippen molar-refractivity contribution < 1.29 is 0 Å². The summed E-state index contributed by atoms with van der Waals surface area (Å²) in [5.74, 6) is 0. The number of aryl methyl sites for hydroxylation is 1. The van der Waals surface area contributed by atoms with Gasteiger partial charge in [-0.1, -0.05) is 42.0 Å². The van der Waals surface area contributed by atoms with E-state index in [4.69, 9.17) is 4.99 Å². The number of benzene rings is 2. The van der Waals surface area contributed by atoms with E-state index in [0.717, 1.165) is 17.1 Å². The second kappa shape index (κ2) is 4.30. The molecule has 1 heterocycles. The van der Waals surface area contributed by atoms with Crippen LogP contribution in [-0.4, -0.2) is 11.8 Å². The summed E-state index contributed by atoms with van der Waals surface area (Å²) in [5, 5.41) is 3.49. The lowest BCUT2D eigenvalue weighted by Crippen LogP contribution is -2.29. The SMILES string of the molecule is Cc1ccc(C2=Nc3ccccc3N[C@H]2C)cc1. The van der Waals surface area contributed by atoms with Crippen molar-refractivity contribution in [1.82, 2.24) is 0 Å². The number of fused-ring (bicyclic) bond motifs is 1. The van der Waals surface area contributed by atoms with Crippen LogP contribution in [-0.2, 0) is 0 Å². The first-order valence-corrected chi connectivity index (χ1v) is 6.25. The smallest absolute Gasteiger partial charge is 0.0865 e. The fraction of sp³-hybridized carbons (Fsp3) is 0.188. The van der Waals surface area contributed by atoms with E-state index >= 15 is 0 Å².